The molecule has 0 aromatic heterocycles. The molecule has 0 unspecified atom stereocenters. The van der Waals surface area contributed by atoms with Crippen LogP contribution in [0.15, 0.2) is 4.99 Å². The molecule has 0 aromatic rings. The molecule has 0 atom stereocenters. The van der Waals surface area contributed by atoms with Crippen LogP contribution in [0.25, 0.3) is 0 Å². The van der Waals surface area contributed by atoms with Crippen molar-refractivity contribution < 1.29 is 4.79 Å². The molecule has 1 heterocycles. The third kappa shape index (κ3) is 5.35. The predicted molar refractivity (Wildman–Crippen MR) is 106 cm³/mol. The van der Waals surface area contributed by atoms with Crippen LogP contribution in [0.1, 0.15) is 57.8 Å². The highest BCUT2D eigenvalue weighted by molar-refractivity contribution is 5.85. The van der Waals surface area contributed by atoms with Gasteiger partial charge in [-0.2, -0.15) is 0 Å². The minimum atomic E-state index is 0.0663. The first-order valence-electron chi connectivity index (χ1n) is 10.6. The van der Waals surface area contributed by atoms with Crippen molar-refractivity contribution in [1.82, 2.24) is 20.0 Å². The number of guanidine groups is 1. The van der Waals surface area contributed by atoms with E-state index in [0.717, 1.165) is 38.2 Å². The number of piperazine rings is 1. The van der Waals surface area contributed by atoms with Crippen molar-refractivity contribution in [3.63, 3.8) is 0 Å². The molecule has 2 saturated carbocycles. The zero-order valence-electron chi connectivity index (χ0n) is 16.8. The van der Waals surface area contributed by atoms with Gasteiger partial charge in [-0.15, -0.1) is 0 Å². The predicted octanol–water partition coefficient (Wildman–Crippen LogP) is 1.91. The highest BCUT2D eigenvalue weighted by Crippen LogP contribution is 2.24. The van der Waals surface area contributed by atoms with Gasteiger partial charge >= 0.3 is 0 Å². The largest absolute Gasteiger partial charge is 0.353 e. The molecule has 1 saturated heterocycles. The lowest BCUT2D eigenvalue weighted by Crippen LogP contribution is -2.56. The van der Waals surface area contributed by atoms with Crippen LogP contribution in [0, 0.1) is 0 Å². The van der Waals surface area contributed by atoms with Gasteiger partial charge in [-0.05, 0) is 25.7 Å². The van der Waals surface area contributed by atoms with E-state index in [1.807, 2.05) is 0 Å². The molecular formula is C20H37N5O. The third-order valence-corrected chi connectivity index (χ3v) is 6.26. The van der Waals surface area contributed by atoms with Crippen LogP contribution in [0.3, 0.4) is 0 Å². The Labute approximate surface area is 159 Å². The summed E-state index contributed by atoms with van der Waals surface area (Å²) < 4.78 is 0. The van der Waals surface area contributed by atoms with Crippen LogP contribution < -0.4 is 5.32 Å². The van der Waals surface area contributed by atoms with E-state index in [9.17, 15) is 4.79 Å². The van der Waals surface area contributed by atoms with Gasteiger partial charge in [0.25, 0.3) is 0 Å². The van der Waals surface area contributed by atoms with Crippen LogP contribution in [0.5, 0.6) is 0 Å². The second-order valence-corrected chi connectivity index (χ2v) is 8.37. The fourth-order valence-corrected chi connectivity index (χ4v) is 4.52. The van der Waals surface area contributed by atoms with Crippen LogP contribution in [0.2, 0.25) is 0 Å². The van der Waals surface area contributed by atoms with E-state index in [4.69, 9.17) is 4.99 Å². The number of likely N-dealkylation sites (N-methyl/N-ethyl adjacent to an activating group) is 1. The first kappa shape index (κ1) is 19.5. The molecule has 6 nitrogen and oxygen atoms in total. The van der Waals surface area contributed by atoms with Gasteiger partial charge in [0.2, 0.25) is 5.91 Å². The topological polar surface area (TPSA) is 51.2 Å². The number of nitrogens with zero attached hydrogens (tertiary/aromatic N) is 4. The average molecular weight is 364 g/mol. The zero-order chi connectivity index (χ0) is 18.4. The summed E-state index contributed by atoms with van der Waals surface area (Å²) in [6, 6.07) is 1.32. The van der Waals surface area contributed by atoms with Crippen molar-refractivity contribution in [2.24, 2.45) is 4.99 Å². The Morgan fingerprint density at radius 3 is 2.19 bits per heavy atom. The van der Waals surface area contributed by atoms with Gasteiger partial charge in [0.05, 0.1) is 0 Å². The fourth-order valence-electron chi connectivity index (χ4n) is 4.52. The molecule has 0 radical (unpaired) electrons. The minimum absolute atomic E-state index is 0.0663. The molecule has 6 heteroatoms. The summed E-state index contributed by atoms with van der Waals surface area (Å²) in [7, 11) is 3.59. The Morgan fingerprint density at radius 2 is 1.58 bits per heavy atom. The summed E-state index contributed by atoms with van der Waals surface area (Å²) in [4.78, 5) is 23.4. The van der Waals surface area contributed by atoms with Gasteiger partial charge in [-0.1, -0.05) is 32.1 Å². The maximum atomic E-state index is 12.0. The summed E-state index contributed by atoms with van der Waals surface area (Å²) in [5.74, 6) is 1.02. The Kier molecular flexibility index (Phi) is 7.17. The quantitative estimate of drug-likeness (QED) is 0.612. The van der Waals surface area contributed by atoms with Crippen molar-refractivity contribution in [2.75, 3.05) is 46.8 Å². The summed E-state index contributed by atoms with van der Waals surface area (Å²) in [5.41, 5.74) is 0. The Morgan fingerprint density at radius 1 is 0.962 bits per heavy atom. The number of hydrogen-bond donors (Lipinski definition) is 1. The second-order valence-electron chi connectivity index (χ2n) is 8.37. The molecule has 0 spiro atoms. The SMILES string of the molecule is CN(C)C(=O)CN=C(NC1CCCC1)N1CCN(C2CCCCC2)CC1. The number of carbonyl (C=O) groups is 1. The smallest absolute Gasteiger partial charge is 0.243 e. The lowest BCUT2D eigenvalue weighted by molar-refractivity contribution is -0.127. The lowest BCUT2D eigenvalue weighted by Gasteiger charge is -2.42. The molecule has 2 aliphatic carbocycles. The van der Waals surface area contributed by atoms with E-state index in [2.05, 4.69) is 15.1 Å². The molecule has 0 bridgehead atoms. The molecule has 0 aromatic carbocycles. The van der Waals surface area contributed by atoms with Gasteiger partial charge in [0, 0.05) is 52.4 Å². The van der Waals surface area contributed by atoms with Crippen LogP contribution in [-0.4, -0.2) is 85.5 Å². The monoisotopic (exact) mass is 363 g/mol. The highest BCUT2D eigenvalue weighted by atomic mass is 16.2. The minimum Gasteiger partial charge on any atom is -0.353 e. The summed E-state index contributed by atoms with van der Waals surface area (Å²) in [5, 5.41) is 3.66. The summed E-state index contributed by atoms with van der Waals surface area (Å²) >= 11 is 0. The normalized spacial score (nSPS) is 24.1. The van der Waals surface area contributed by atoms with Gasteiger partial charge < -0.3 is 15.1 Å². The number of rotatable bonds is 4. The van der Waals surface area contributed by atoms with Crippen molar-refractivity contribution in [3.8, 4) is 0 Å². The molecule has 1 N–H and O–H groups in total. The zero-order valence-corrected chi connectivity index (χ0v) is 16.8. The van der Waals surface area contributed by atoms with Crippen molar-refractivity contribution in [1.29, 1.82) is 0 Å². The molecule has 1 amide bonds. The molecular weight excluding hydrogens is 326 g/mol. The van der Waals surface area contributed by atoms with E-state index in [0.29, 0.717) is 6.04 Å². The average Bonchev–Trinajstić information content (AvgIpc) is 3.19. The van der Waals surface area contributed by atoms with Crippen molar-refractivity contribution >= 4 is 11.9 Å². The van der Waals surface area contributed by atoms with Crippen molar-refractivity contribution in [2.45, 2.75) is 69.9 Å². The highest BCUT2D eigenvalue weighted by Gasteiger charge is 2.27. The second kappa shape index (κ2) is 9.58. The Hall–Kier alpha value is -1.30. The standard InChI is InChI=1S/C20H37N5O/c1-23(2)19(26)16-21-20(22-17-8-6-7-9-17)25-14-12-24(13-15-25)18-10-4-3-5-11-18/h17-18H,3-16H2,1-2H3,(H,21,22). The lowest BCUT2D eigenvalue weighted by atomic mass is 9.94. The van der Waals surface area contributed by atoms with Crippen molar-refractivity contribution in [3.05, 3.63) is 0 Å². The van der Waals surface area contributed by atoms with E-state index in [-0.39, 0.29) is 12.5 Å². The Balaban J connectivity index is 1.57. The maximum absolute atomic E-state index is 12.0. The van der Waals surface area contributed by atoms with E-state index < -0.39 is 0 Å². The van der Waals surface area contributed by atoms with E-state index in [1.54, 1.807) is 19.0 Å². The van der Waals surface area contributed by atoms with Crippen LogP contribution in [0.4, 0.5) is 0 Å². The summed E-state index contributed by atoms with van der Waals surface area (Å²) in [6.07, 6.45) is 12.0. The first-order valence-corrected chi connectivity index (χ1v) is 10.6. The fraction of sp³-hybridized carbons (Fsp3) is 0.900. The van der Waals surface area contributed by atoms with Gasteiger partial charge in [-0.25, -0.2) is 4.99 Å². The molecule has 26 heavy (non-hydrogen) atoms. The van der Waals surface area contributed by atoms with Crippen LogP contribution in [-0.2, 0) is 4.79 Å². The van der Waals surface area contributed by atoms with Gasteiger partial charge in [0.1, 0.15) is 6.54 Å². The molecule has 148 valence electrons. The van der Waals surface area contributed by atoms with E-state index in [1.165, 1.54) is 57.8 Å². The number of aliphatic imine (C=N–C) groups is 1. The first-order chi connectivity index (χ1) is 12.6. The van der Waals surface area contributed by atoms with E-state index >= 15 is 0 Å². The molecule has 3 fully saturated rings. The maximum Gasteiger partial charge on any atom is 0.243 e. The van der Waals surface area contributed by atoms with Gasteiger partial charge in [-0.3, -0.25) is 9.69 Å². The molecule has 1 aliphatic heterocycles. The molecule has 3 aliphatic rings. The summed E-state index contributed by atoms with van der Waals surface area (Å²) in [6.45, 7) is 4.52. The van der Waals surface area contributed by atoms with Gasteiger partial charge in [0.15, 0.2) is 5.96 Å². The number of carbonyl (C=O) groups excluding carboxylic acids is 1. The van der Waals surface area contributed by atoms with Crippen LogP contribution >= 0.6 is 0 Å². The Bertz CT molecular complexity index is 473. The molecule has 3 rings (SSSR count). The number of hydrogen-bond acceptors (Lipinski definition) is 3. The number of amides is 1. The third-order valence-electron chi connectivity index (χ3n) is 6.26. The number of nitrogens with one attached hydrogen (secondary N) is 1.